The molecule has 1 atom stereocenters. The molecule has 0 amide bonds. The van der Waals surface area contributed by atoms with Crippen molar-refractivity contribution in [2.45, 2.75) is 330 Å². The van der Waals surface area contributed by atoms with Crippen molar-refractivity contribution in [3.8, 4) is 0 Å². The molecule has 0 radical (unpaired) electrons. The third kappa shape index (κ3) is 51.4. The quantitative estimate of drug-likeness (QED) is 0.0344. The topological polar surface area (TPSA) is 78.9 Å². The first-order chi connectivity index (χ1) is 31.2. The molecule has 6 nitrogen and oxygen atoms in total. The van der Waals surface area contributed by atoms with Crippen molar-refractivity contribution >= 4 is 17.9 Å². The molecule has 0 N–H and O–H groups in total. The van der Waals surface area contributed by atoms with E-state index in [1.165, 1.54) is 212 Å². The van der Waals surface area contributed by atoms with Gasteiger partial charge in [-0.15, -0.1) is 0 Å². The highest BCUT2D eigenvalue weighted by Crippen LogP contribution is 2.18. The van der Waals surface area contributed by atoms with Crippen LogP contribution >= 0.6 is 0 Å². The van der Waals surface area contributed by atoms with Gasteiger partial charge in [0.1, 0.15) is 13.2 Å². The number of unbranched alkanes of at least 4 members (excludes halogenated alkanes) is 37. The van der Waals surface area contributed by atoms with Crippen molar-refractivity contribution < 1.29 is 28.6 Å². The Morgan fingerprint density at radius 3 is 0.766 bits per heavy atom. The van der Waals surface area contributed by atoms with E-state index in [1.807, 2.05) is 0 Å². The summed E-state index contributed by atoms with van der Waals surface area (Å²) >= 11 is 0. The second-order valence-electron chi connectivity index (χ2n) is 20.9. The summed E-state index contributed by atoms with van der Waals surface area (Å²) in [4.78, 5) is 38.1. The fourth-order valence-electron chi connectivity index (χ4n) is 8.87. The molecule has 0 saturated carbocycles. The zero-order valence-electron chi connectivity index (χ0n) is 43.9. The minimum Gasteiger partial charge on any atom is -0.462 e. The molecule has 0 rings (SSSR count). The summed E-state index contributed by atoms with van der Waals surface area (Å²) in [6.45, 7) is 11.4. The van der Waals surface area contributed by atoms with Gasteiger partial charge in [0, 0.05) is 19.3 Å². The van der Waals surface area contributed by atoms with Crippen LogP contribution in [0.1, 0.15) is 324 Å². The monoisotopic (exact) mass is 905 g/mol. The summed E-state index contributed by atoms with van der Waals surface area (Å²) in [6.07, 6.45) is 53.7. The van der Waals surface area contributed by atoms with E-state index < -0.39 is 6.10 Å². The highest BCUT2D eigenvalue weighted by atomic mass is 16.6. The minimum atomic E-state index is -0.762. The fraction of sp³-hybridized carbons (Fsp3) is 0.948. The lowest BCUT2D eigenvalue weighted by Crippen LogP contribution is -2.30. The number of hydrogen-bond acceptors (Lipinski definition) is 6. The van der Waals surface area contributed by atoms with E-state index in [0.717, 1.165) is 69.6 Å². The normalized spacial score (nSPS) is 12.0. The van der Waals surface area contributed by atoms with Crippen molar-refractivity contribution in [2.24, 2.45) is 11.8 Å². The molecule has 0 aliphatic carbocycles. The molecular formula is C58H112O6. The van der Waals surface area contributed by atoms with Crippen LogP contribution in [0.2, 0.25) is 0 Å². The lowest BCUT2D eigenvalue weighted by molar-refractivity contribution is -0.167. The van der Waals surface area contributed by atoms with Gasteiger partial charge in [0.2, 0.25) is 0 Å². The third-order valence-electron chi connectivity index (χ3n) is 13.2. The molecule has 0 bridgehead atoms. The van der Waals surface area contributed by atoms with Gasteiger partial charge in [0.15, 0.2) is 6.10 Å². The Kier molecular flexibility index (Phi) is 49.6. The van der Waals surface area contributed by atoms with Gasteiger partial charge in [-0.3, -0.25) is 14.4 Å². The first-order valence-electron chi connectivity index (χ1n) is 28.7. The summed E-state index contributed by atoms with van der Waals surface area (Å²) < 4.78 is 16.9. The zero-order chi connectivity index (χ0) is 46.8. The summed E-state index contributed by atoms with van der Waals surface area (Å²) in [5.74, 6) is 0.843. The molecule has 0 aliphatic rings. The largest absolute Gasteiger partial charge is 0.462 e. The minimum absolute atomic E-state index is 0.0626. The standard InChI is InChI=1S/C58H112O6/c1-6-7-8-9-10-11-12-16-23-28-33-38-43-48-56(59)62-51-55(52-63-57(60)49-44-39-34-29-24-20-19-22-27-32-37-42-47-54(4)5)64-58(61)50-45-40-35-30-25-18-15-13-14-17-21-26-31-36-41-46-53(2)3/h53-55H,6-52H2,1-5H3/t55-/m1/s1. The maximum absolute atomic E-state index is 12.8. The van der Waals surface area contributed by atoms with E-state index >= 15 is 0 Å². The molecule has 0 heterocycles. The van der Waals surface area contributed by atoms with Crippen molar-refractivity contribution in [1.82, 2.24) is 0 Å². The van der Waals surface area contributed by atoms with Crippen LogP contribution < -0.4 is 0 Å². The lowest BCUT2D eigenvalue weighted by atomic mass is 10.0. The van der Waals surface area contributed by atoms with Crippen LogP contribution in [0.25, 0.3) is 0 Å². The Bertz CT molecular complexity index is 978. The number of carbonyl (C=O) groups is 3. The molecule has 64 heavy (non-hydrogen) atoms. The zero-order valence-corrected chi connectivity index (χ0v) is 43.9. The predicted molar refractivity (Wildman–Crippen MR) is 275 cm³/mol. The summed E-state index contributed by atoms with van der Waals surface area (Å²) in [5, 5.41) is 0. The van der Waals surface area contributed by atoms with E-state index in [-0.39, 0.29) is 31.1 Å². The molecule has 0 aromatic carbocycles. The average Bonchev–Trinajstić information content (AvgIpc) is 3.27. The maximum Gasteiger partial charge on any atom is 0.306 e. The van der Waals surface area contributed by atoms with E-state index in [9.17, 15) is 14.4 Å². The van der Waals surface area contributed by atoms with Gasteiger partial charge in [-0.25, -0.2) is 0 Å². The molecule has 380 valence electrons. The molecule has 0 aromatic heterocycles. The molecule has 0 aromatic rings. The van der Waals surface area contributed by atoms with Gasteiger partial charge in [0.05, 0.1) is 0 Å². The number of esters is 3. The van der Waals surface area contributed by atoms with Crippen LogP contribution in [0.5, 0.6) is 0 Å². The van der Waals surface area contributed by atoms with Crippen molar-refractivity contribution in [3.63, 3.8) is 0 Å². The molecule has 6 heteroatoms. The first-order valence-corrected chi connectivity index (χ1v) is 28.7. The first kappa shape index (κ1) is 62.4. The fourth-order valence-corrected chi connectivity index (χ4v) is 8.87. The van der Waals surface area contributed by atoms with Gasteiger partial charge in [0.25, 0.3) is 0 Å². The van der Waals surface area contributed by atoms with Gasteiger partial charge >= 0.3 is 17.9 Å². The molecule has 0 fully saturated rings. The second kappa shape index (κ2) is 50.8. The van der Waals surface area contributed by atoms with E-state index in [0.29, 0.717) is 19.3 Å². The highest BCUT2D eigenvalue weighted by molar-refractivity contribution is 5.71. The van der Waals surface area contributed by atoms with Gasteiger partial charge < -0.3 is 14.2 Å². The summed E-state index contributed by atoms with van der Waals surface area (Å²) in [5.41, 5.74) is 0. The van der Waals surface area contributed by atoms with Gasteiger partial charge in [-0.1, -0.05) is 285 Å². The van der Waals surface area contributed by atoms with Crippen molar-refractivity contribution in [1.29, 1.82) is 0 Å². The second-order valence-corrected chi connectivity index (χ2v) is 20.9. The number of ether oxygens (including phenoxy) is 3. The number of carbonyl (C=O) groups excluding carboxylic acids is 3. The summed E-state index contributed by atoms with van der Waals surface area (Å²) in [7, 11) is 0. The molecule has 0 saturated heterocycles. The predicted octanol–water partition coefficient (Wildman–Crippen LogP) is 18.9. The van der Waals surface area contributed by atoms with Crippen LogP contribution in [-0.4, -0.2) is 37.2 Å². The molecular weight excluding hydrogens is 793 g/mol. The van der Waals surface area contributed by atoms with Crippen LogP contribution in [0.3, 0.4) is 0 Å². The van der Waals surface area contributed by atoms with Crippen molar-refractivity contribution in [3.05, 3.63) is 0 Å². The number of hydrogen-bond donors (Lipinski definition) is 0. The maximum atomic E-state index is 12.8. The molecule has 0 spiro atoms. The third-order valence-corrected chi connectivity index (χ3v) is 13.2. The van der Waals surface area contributed by atoms with E-state index in [4.69, 9.17) is 14.2 Å². The van der Waals surface area contributed by atoms with Crippen LogP contribution in [-0.2, 0) is 28.6 Å². The Morgan fingerprint density at radius 1 is 0.297 bits per heavy atom. The lowest BCUT2D eigenvalue weighted by Gasteiger charge is -2.18. The Balaban J connectivity index is 4.29. The van der Waals surface area contributed by atoms with Crippen LogP contribution in [0.15, 0.2) is 0 Å². The molecule has 0 aliphatic heterocycles. The van der Waals surface area contributed by atoms with Crippen molar-refractivity contribution in [2.75, 3.05) is 13.2 Å². The Labute approximate surface area is 399 Å². The van der Waals surface area contributed by atoms with Gasteiger partial charge in [-0.05, 0) is 31.1 Å². The number of rotatable bonds is 52. The Morgan fingerprint density at radius 2 is 0.516 bits per heavy atom. The van der Waals surface area contributed by atoms with Gasteiger partial charge in [-0.2, -0.15) is 0 Å². The van der Waals surface area contributed by atoms with Crippen LogP contribution in [0.4, 0.5) is 0 Å². The highest BCUT2D eigenvalue weighted by Gasteiger charge is 2.19. The van der Waals surface area contributed by atoms with Crippen LogP contribution in [0, 0.1) is 11.8 Å². The summed E-state index contributed by atoms with van der Waals surface area (Å²) in [6, 6.07) is 0. The SMILES string of the molecule is CCCCCCCCCCCCCCCC(=O)OC[C@H](COC(=O)CCCCCCCCCCCCCCC(C)C)OC(=O)CCCCCCCCCCCCCCCCCC(C)C. The average molecular weight is 906 g/mol. The molecule has 0 unspecified atom stereocenters. The smallest absolute Gasteiger partial charge is 0.306 e. The van der Waals surface area contributed by atoms with E-state index in [1.54, 1.807) is 0 Å². The Hall–Kier alpha value is -1.59. The van der Waals surface area contributed by atoms with E-state index in [2.05, 4.69) is 34.6 Å².